The second kappa shape index (κ2) is 4.43. The van der Waals surface area contributed by atoms with Crippen LogP contribution in [-0.2, 0) is 0 Å². The molecule has 2 atom stereocenters. The highest BCUT2D eigenvalue weighted by molar-refractivity contribution is 7.10. The molecule has 1 saturated heterocycles. The number of likely N-dealkylation sites (tertiary alicyclic amines) is 1. The van der Waals surface area contributed by atoms with E-state index in [-0.39, 0.29) is 0 Å². The molecule has 2 nitrogen and oxygen atoms in total. The Morgan fingerprint density at radius 3 is 3.14 bits per heavy atom. The van der Waals surface area contributed by atoms with Crippen LogP contribution in [-0.4, -0.2) is 29.7 Å². The first-order chi connectivity index (χ1) is 6.81. The van der Waals surface area contributed by atoms with Gasteiger partial charge in [0.15, 0.2) is 0 Å². The fourth-order valence-corrected chi connectivity index (χ4v) is 2.89. The summed E-state index contributed by atoms with van der Waals surface area (Å²) in [6.07, 6.45) is 1.15. The summed E-state index contributed by atoms with van der Waals surface area (Å²) < 4.78 is 0. The minimum absolute atomic E-state index is 0.341. The van der Waals surface area contributed by atoms with Gasteiger partial charge in [0.2, 0.25) is 0 Å². The van der Waals surface area contributed by atoms with Gasteiger partial charge in [0.25, 0.3) is 0 Å². The molecule has 2 heterocycles. The van der Waals surface area contributed by atoms with E-state index in [0.717, 1.165) is 19.5 Å². The first-order valence-electron chi connectivity index (χ1n) is 5.19. The van der Waals surface area contributed by atoms with E-state index in [9.17, 15) is 0 Å². The fraction of sp³-hybridized carbons (Fsp3) is 0.636. The van der Waals surface area contributed by atoms with E-state index in [0.29, 0.717) is 18.6 Å². The summed E-state index contributed by atoms with van der Waals surface area (Å²) in [5.74, 6) is 0.498. The van der Waals surface area contributed by atoms with Gasteiger partial charge in [-0.1, -0.05) is 6.07 Å². The van der Waals surface area contributed by atoms with Gasteiger partial charge in [0.1, 0.15) is 0 Å². The van der Waals surface area contributed by atoms with E-state index in [1.54, 1.807) is 0 Å². The molecule has 0 aliphatic carbocycles. The van der Waals surface area contributed by atoms with Crippen molar-refractivity contribution in [3.05, 3.63) is 22.4 Å². The average molecular weight is 211 g/mol. The molecule has 78 valence electrons. The number of thiophene rings is 1. The van der Waals surface area contributed by atoms with Crippen LogP contribution in [0.5, 0.6) is 0 Å². The molecular formula is C11H17NOS. The minimum atomic E-state index is 0.341. The third-order valence-corrected chi connectivity index (χ3v) is 4.12. The van der Waals surface area contributed by atoms with E-state index in [1.165, 1.54) is 4.88 Å². The highest BCUT2D eigenvalue weighted by atomic mass is 32.1. The standard InChI is InChI=1S/C11H17NOS/c1-9(11-3-2-6-14-11)12-5-4-10(7-12)8-13/h2-3,6,9-10,13H,4-5,7-8H2,1H3/t9-,10-/m1/s1. The van der Waals surface area contributed by atoms with E-state index in [1.807, 2.05) is 11.3 Å². The van der Waals surface area contributed by atoms with Crippen LogP contribution in [0.15, 0.2) is 17.5 Å². The average Bonchev–Trinajstić information content (AvgIpc) is 2.88. The maximum atomic E-state index is 9.07. The van der Waals surface area contributed by atoms with Gasteiger partial charge < -0.3 is 5.11 Å². The number of rotatable bonds is 3. The Labute approximate surface area is 89.2 Å². The van der Waals surface area contributed by atoms with Gasteiger partial charge in [0.05, 0.1) is 0 Å². The second-order valence-corrected chi connectivity index (χ2v) is 5.00. The first kappa shape index (κ1) is 10.1. The van der Waals surface area contributed by atoms with Crippen molar-refractivity contribution in [3.8, 4) is 0 Å². The van der Waals surface area contributed by atoms with Crippen molar-refractivity contribution < 1.29 is 5.11 Å². The molecule has 1 aliphatic rings. The van der Waals surface area contributed by atoms with E-state index in [4.69, 9.17) is 5.11 Å². The number of nitrogens with zero attached hydrogens (tertiary/aromatic N) is 1. The molecule has 14 heavy (non-hydrogen) atoms. The molecule has 0 radical (unpaired) electrons. The molecule has 1 aromatic heterocycles. The van der Waals surface area contributed by atoms with Crippen LogP contribution < -0.4 is 0 Å². The van der Waals surface area contributed by atoms with Crippen LogP contribution >= 0.6 is 11.3 Å². The van der Waals surface area contributed by atoms with Crippen LogP contribution in [0.1, 0.15) is 24.3 Å². The molecule has 2 rings (SSSR count). The lowest BCUT2D eigenvalue weighted by atomic mass is 10.1. The molecule has 1 N–H and O–H groups in total. The summed E-state index contributed by atoms with van der Waals surface area (Å²) >= 11 is 1.82. The van der Waals surface area contributed by atoms with Gasteiger partial charge in [-0.2, -0.15) is 0 Å². The summed E-state index contributed by atoms with van der Waals surface area (Å²) in [4.78, 5) is 3.90. The lowest BCUT2D eigenvalue weighted by Gasteiger charge is -2.23. The molecule has 0 aromatic carbocycles. The van der Waals surface area contributed by atoms with Gasteiger partial charge in [0, 0.05) is 24.1 Å². The Bertz CT molecular complexity index is 273. The highest BCUT2D eigenvalue weighted by Crippen LogP contribution is 2.29. The van der Waals surface area contributed by atoms with Gasteiger partial charge in [-0.3, -0.25) is 4.90 Å². The topological polar surface area (TPSA) is 23.5 Å². The quantitative estimate of drug-likeness (QED) is 0.828. The van der Waals surface area contributed by atoms with Crippen molar-refractivity contribution in [2.24, 2.45) is 5.92 Å². The Hall–Kier alpha value is -0.380. The smallest absolute Gasteiger partial charge is 0.0471 e. The minimum Gasteiger partial charge on any atom is -0.396 e. The van der Waals surface area contributed by atoms with Crippen LogP contribution in [0.4, 0.5) is 0 Å². The predicted molar refractivity (Wildman–Crippen MR) is 59.5 cm³/mol. The zero-order valence-corrected chi connectivity index (χ0v) is 9.33. The van der Waals surface area contributed by atoms with Crippen molar-refractivity contribution in [2.45, 2.75) is 19.4 Å². The number of hydrogen-bond donors (Lipinski definition) is 1. The monoisotopic (exact) mass is 211 g/mol. The van der Waals surface area contributed by atoms with E-state index >= 15 is 0 Å². The van der Waals surface area contributed by atoms with Crippen molar-refractivity contribution in [1.29, 1.82) is 0 Å². The zero-order valence-electron chi connectivity index (χ0n) is 8.52. The lowest BCUT2D eigenvalue weighted by Crippen LogP contribution is -2.24. The Kier molecular flexibility index (Phi) is 3.21. The SMILES string of the molecule is C[C@H](c1cccs1)N1CC[C@@H](CO)C1. The van der Waals surface area contributed by atoms with E-state index < -0.39 is 0 Å². The summed E-state index contributed by atoms with van der Waals surface area (Å²) in [6, 6.07) is 4.82. The highest BCUT2D eigenvalue weighted by Gasteiger charge is 2.26. The van der Waals surface area contributed by atoms with Gasteiger partial charge in [-0.05, 0) is 37.3 Å². The summed E-state index contributed by atoms with van der Waals surface area (Å²) in [6.45, 7) is 4.78. The molecule has 0 bridgehead atoms. The molecule has 0 spiro atoms. The van der Waals surface area contributed by atoms with Crippen molar-refractivity contribution in [2.75, 3.05) is 19.7 Å². The first-order valence-corrected chi connectivity index (χ1v) is 6.07. The maximum absolute atomic E-state index is 9.07. The number of hydrogen-bond acceptors (Lipinski definition) is 3. The van der Waals surface area contributed by atoms with Crippen molar-refractivity contribution in [3.63, 3.8) is 0 Å². The van der Waals surface area contributed by atoms with Crippen molar-refractivity contribution in [1.82, 2.24) is 4.90 Å². The molecule has 1 aliphatic heterocycles. The molecule has 0 saturated carbocycles. The van der Waals surface area contributed by atoms with Crippen LogP contribution in [0.3, 0.4) is 0 Å². The maximum Gasteiger partial charge on any atom is 0.0471 e. The third-order valence-electron chi connectivity index (χ3n) is 3.08. The molecular weight excluding hydrogens is 194 g/mol. The summed E-state index contributed by atoms with van der Waals surface area (Å²) in [5.41, 5.74) is 0. The van der Waals surface area contributed by atoms with Gasteiger partial charge >= 0.3 is 0 Å². The molecule has 1 fully saturated rings. The Morgan fingerprint density at radius 2 is 2.57 bits per heavy atom. The van der Waals surface area contributed by atoms with Crippen molar-refractivity contribution >= 4 is 11.3 Å². The normalized spacial score (nSPS) is 25.4. The van der Waals surface area contributed by atoms with Gasteiger partial charge in [-0.25, -0.2) is 0 Å². The second-order valence-electron chi connectivity index (χ2n) is 4.02. The van der Waals surface area contributed by atoms with Gasteiger partial charge in [-0.15, -0.1) is 11.3 Å². The third kappa shape index (κ3) is 2.00. The van der Waals surface area contributed by atoms with E-state index in [2.05, 4.69) is 29.3 Å². The summed E-state index contributed by atoms with van der Waals surface area (Å²) in [5, 5.41) is 11.2. The largest absolute Gasteiger partial charge is 0.396 e. The Balaban J connectivity index is 1.97. The fourth-order valence-electron chi connectivity index (χ4n) is 2.07. The Morgan fingerprint density at radius 1 is 1.71 bits per heavy atom. The lowest BCUT2D eigenvalue weighted by molar-refractivity contribution is 0.206. The molecule has 0 amide bonds. The predicted octanol–water partition coefficient (Wildman–Crippen LogP) is 2.12. The summed E-state index contributed by atoms with van der Waals surface area (Å²) in [7, 11) is 0. The van der Waals surface area contributed by atoms with Crippen LogP contribution in [0.25, 0.3) is 0 Å². The zero-order chi connectivity index (χ0) is 9.97. The number of aliphatic hydroxyl groups is 1. The van der Waals surface area contributed by atoms with Crippen LogP contribution in [0.2, 0.25) is 0 Å². The molecule has 1 aromatic rings. The molecule has 0 unspecified atom stereocenters. The number of aliphatic hydroxyl groups excluding tert-OH is 1. The molecule has 3 heteroatoms. The van der Waals surface area contributed by atoms with Crippen LogP contribution in [0, 0.1) is 5.92 Å².